The van der Waals surface area contributed by atoms with Crippen LogP contribution in [0.3, 0.4) is 0 Å². The number of nitrogens with zero attached hydrogens (tertiary/aromatic N) is 2. The molecule has 1 aromatic carbocycles. The lowest BCUT2D eigenvalue weighted by Crippen LogP contribution is -2.57. The van der Waals surface area contributed by atoms with Crippen LogP contribution in [0.25, 0.3) is 11.1 Å². The topological polar surface area (TPSA) is 70.4 Å². The van der Waals surface area contributed by atoms with Gasteiger partial charge in [0.2, 0.25) is 0 Å². The van der Waals surface area contributed by atoms with E-state index in [0.717, 1.165) is 32.5 Å². The van der Waals surface area contributed by atoms with Crippen molar-refractivity contribution < 1.29 is 22.4 Å². The van der Waals surface area contributed by atoms with Crippen LogP contribution in [0.5, 0.6) is 0 Å². The molecule has 3 aliphatic heterocycles. The number of aromatic nitrogens is 1. The van der Waals surface area contributed by atoms with Gasteiger partial charge in [-0.2, -0.15) is 4.98 Å². The van der Waals surface area contributed by atoms with E-state index in [2.05, 4.69) is 20.5 Å². The fourth-order valence-electron chi connectivity index (χ4n) is 4.09. The zero-order chi connectivity index (χ0) is 20.4. The number of oxazole rings is 1. The van der Waals surface area contributed by atoms with Gasteiger partial charge in [-0.1, -0.05) is 6.07 Å². The molecule has 0 spiro atoms. The first-order valence-corrected chi connectivity index (χ1v) is 9.92. The number of halogens is 3. The molecule has 6 nitrogen and oxygen atoms in total. The molecule has 3 aliphatic rings. The number of benzene rings is 1. The van der Waals surface area contributed by atoms with E-state index in [-0.39, 0.29) is 24.5 Å². The molecule has 9 heteroatoms. The van der Waals surface area contributed by atoms with Crippen molar-refractivity contribution in [1.82, 2.24) is 15.2 Å². The molecule has 3 fully saturated rings. The predicted octanol–water partition coefficient (Wildman–Crippen LogP) is 2.96. The summed E-state index contributed by atoms with van der Waals surface area (Å²) in [5, 5.41) is 5.78. The molecule has 2 N–H and O–H groups in total. The minimum atomic E-state index is -1.75. The maximum Gasteiger partial charge on any atom is 0.295 e. The van der Waals surface area contributed by atoms with Crippen molar-refractivity contribution >= 4 is 23.0 Å². The molecule has 158 valence electrons. The summed E-state index contributed by atoms with van der Waals surface area (Å²) < 4.78 is 44.7. The minimum absolute atomic E-state index is 0.00260. The van der Waals surface area contributed by atoms with E-state index in [1.807, 2.05) is 0 Å². The highest BCUT2D eigenvalue weighted by Crippen LogP contribution is 2.29. The van der Waals surface area contributed by atoms with E-state index in [1.165, 1.54) is 0 Å². The number of alkyl halides is 3. The Bertz CT molecular complexity index is 854. The van der Waals surface area contributed by atoms with Gasteiger partial charge in [0.25, 0.3) is 11.9 Å². The number of carbonyl (C=O) groups excluding carboxylic acids is 1. The van der Waals surface area contributed by atoms with Gasteiger partial charge >= 0.3 is 0 Å². The molecule has 0 aliphatic carbocycles. The number of nitrogens with one attached hydrogen (secondary N) is 2. The Kier molecular flexibility index (Phi) is 5.67. The maximum atomic E-state index is 13.0. The fraction of sp³-hybridized carbons (Fsp3) is 0.600. The average Bonchev–Trinajstić information content (AvgIpc) is 3.19. The van der Waals surface area contributed by atoms with E-state index in [0.29, 0.717) is 22.6 Å². The zero-order valence-corrected chi connectivity index (χ0v) is 16.1. The van der Waals surface area contributed by atoms with Gasteiger partial charge in [-0.15, -0.1) is 0 Å². The number of amides is 1. The Morgan fingerprint density at radius 3 is 2.55 bits per heavy atom. The van der Waals surface area contributed by atoms with Gasteiger partial charge in [0.15, 0.2) is 5.58 Å². The van der Waals surface area contributed by atoms with Crippen molar-refractivity contribution in [3.63, 3.8) is 0 Å². The van der Waals surface area contributed by atoms with Gasteiger partial charge in [-0.05, 0) is 44.0 Å². The van der Waals surface area contributed by atoms with Gasteiger partial charge < -0.3 is 20.0 Å². The fourth-order valence-corrected chi connectivity index (χ4v) is 4.09. The first kappa shape index (κ1) is 20.0. The molecule has 1 aromatic heterocycles. The van der Waals surface area contributed by atoms with Crippen molar-refractivity contribution in [2.24, 2.45) is 11.3 Å². The molecule has 0 saturated carbocycles. The first-order valence-electron chi connectivity index (χ1n) is 9.92. The van der Waals surface area contributed by atoms with Crippen molar-refractivity contribution in [2.75, 3.05) is 51.5 Å². The number of fused-ring (bicyclic) bond motifs is 4. The molecule has 2 aromatic rings. The highest BCUT2D eigenvalue weighted by molar-refractivity contribution is 6.04. The number of para-hydroxylation sites is 1. The van der Waals surface area contributed by atoms with E-state index in [9.17, 15) is 18.0 Å². The second kappa shape index (κ2) is 8.22. The van der Waals surface area contributed by atoms with Crippen LogP contribution in [-0.4, -0.2) is 68.0 Å². The quantitative estimate of drug-likeness (QED) is 0.700. The third-order valence-corrected chi connectivity index (χ3v) is 6.10. The van der Waals surface area contributed by atoms with Crippen LogP contribution < -0.4 is 10.6 Å². The third-order valence-electron chi connectivity index (χ3n) is 6.10. The van der Waals surface area contributed by atoms with E-state index < -0.39 is 25.4 Å². The Morgan fingerprint density at radius 2 is 1.93 bits per heavy atom. The minimum Gasteiger partial charge on any atom is -0.424 e. The molecule has 3 saturated heterocycles. The molecular weight excluding hydrogens is 385 g/mol. The van der Waals surface area contributed by atoms with Crippen LogP contribution in [0.4, 0.5) is 19.2 Å². The van der Waals surface area contributed by atoms with Crippen LogP contribution in [-0.2, 0) is 0 Å². The second-order valence-electron chi connectivity index (χ2n) is 8.14. The Morgan fingerprint density at radius 1 is 1.21 bits per heavy atom. The highest BCUT2D eigenvalue weighted by atomic mass is 19.1. The summed E-state index contributed by atoms with van der Waals surface area (Å²) in [6.45, 7) is -0.687. The van der Waals surface area contributed by atoms with Crippen molar-refractivity contribution in [3.8, 4) is 0 Å². The standard InChI is InChI=1S/C20H25F3N4O2/c21-9-20(10-22,11-23)12-24-19-26-17-14(2-1-3-16(17)29-19)18(28)25-15-8-27-6-4-13(15)5-7-27/h1-3,13,15H,4-12H2,(H,24,26)(H,25,28). The third kappa shape index (κ3) is 3.92. The number of rotatable bonds is 8. The van der Waals surface area contributed by atoms with Crippen LogP contribution in [0.15, 0.2) is 22.6 Å². The summed E-state index contributed by atoms with van der Waals surface area (Å²) in [5.41, 5.74) is -0.639. The van der Waals surface area contributed by atoms with Crippen LogP contribution in [0, 0.1) is 11.3 Å². The summed E-state index contributed by atoms with van der Waals surface area (Å²) in [5.74, 6) is 0.271. The predicted molar refractivity (Wildman–Crippen MR) is 103 cm³/mol. The Hall–Kier alpha value is -2.29. The van der Waals surface area contributed by atoms with Crippen molar-refractivity contribution in [2.45, 2.75) is 18.9 Å². The van der Waals surface area contributed by atoms with Crippen molar-refractivity contribution in [1.29, 1.82) is 0 Å². The van der Waals surface area contributed by atoms with E-state index >= 15 is 0 Å². The largest absolute Gasteiger partial charge is 0.424 e. The van der Waals surface area contributed by atoms with Gasteiger partial charge in [0, 0.05) is 19.1 Å². The van der Waals surface area contributed by atoms with Gasteiger partial charge in [0.05, 0.1) is 11.0 Å². The Labute approximate surface area is 166 Å². The molecule has 4 heterocycles. The molecule has 5 rings (SSSR count). The van der Waals surface area contributed by atoms with Crippen LogP contribution >= 0.6 is 0 Å². The number of piperidine rings is 3. The first-order chi connectivity index (χ1) is 14.1. The van der Waals surface area contributed by atoms with E-state index in [1.54, 1.807) is 18.2 Å². The summed E-state index contributed by atoms with van der Waals surface area (Å²) >= 11 is 0. The summed E-state index contributed by atoms with van der Waals surface area (Å²) in [6.07, 6.45) is 2.18. The normalized spacial score (nSPS) is 24.0. The van der Waals surface area contributed by atoms with Gasteiger partial charge in [-0.25, -0.2) is 0 Å². The Balaban J connectivity index is 1.49. The molecule has 0 radical (unpaired) electrons. The molecular formula is C20H25F3N4O2. The molecule has 1 amide bonds. The summed E-state index contributed by atoms with van der Waals surface area (Å²) in [7, 11) is 0. The van der Waals surface area contributed by atoms with E-state index in [4.69, 9.17) is 4.42 Å². The number of carbonyl (C=O) groups is 1. The van der Waals surface area contributed by atoms with Crippen LogP contribution in [0.2, 0.25) is 0 Å². The van der Waals surface area contributed by atoms with Gasteiger partial charge in [-0.3, -0.25) is 18.0 Å². The summed E-state index contributed by atoms with van der Waals surface area (Å²) in [6, 6.07) is 5.13. The average molecular weight is 410 g/mol. The molecule has 1 atom stereocenters. The van der Waals surface area contributed by atoms with Crippen molar-refractivity contribution in [3.05, 3.63) is 23.8 Å². The number of hydrogen-bond donors (Lipinski definition) is 2. The lowest BCUT2D eigenvalue weighted by atomic mass is 9.84. The molecule has 29 heavy (non-hydrogen) atoms. The zero-order valence-electron chi connectivity index (χ0n) is 16.1. The summed E-state index contributed by atoms with van der Waals surface area (Å²) in [4.78, 5) is 19.5. The molecule has 1 unspecified atom stereocenters. The molecule has 2 bridgehead atoms. The second-order valence-corrected chi connectivity index (χ2v) is 8.14. The number of anilines is 1. The SMILES string of the molecule is O=C(NC1CN2CCC1CC2)c1cccc2oc(NCC(CF)(CF)CF)nc12. The van der Waals surface area contributed by atoms with Gasteiger partial charge in [0.1, 0.15) is 25.5 Å². The lowest BCUT2D eigenvalue weighted by molar-refractivity contribution is 0.0621. The lowest BCUT2D eigenvalue weighted by Gasteiger charge is -2.44. The smallest absolute Gasteiger partial charge is 0.295 e. The number of hydrogen-bond acceptors (Lipinski definition) is 5. The highest BCUT2D eigenvalue weighted by Gasteiger charge is 2.35. The monoisotopic (exact) mass is 410 g/mol. The maximum absolute atomic E-state index is 13.0. The van der Waals surface area contributed by atoms with Crippen LogP contribution in [0.1, 0.15) is 23.2 Å².